The van der Waals surface area contributed by atoms with Crippen molar-refractivity contribution in [3.63, 3.8) is 0 Å². The van der Waals surface area contributed by atoms with Crippen LogP contribution in [0.15, 0.2) is 41.2 Å². The van der Waals surface area contributed by atoms with Crippen molar-refractivity contribution < 1.29 is 14.0 Å². The highest BCUT2D eigenvalue weighted by Gasteiger charge is 2.32. The van der Waals surface area contributed by atoms with Gasteiger partial charge in [-0.3, -0.25) is 19.0 Å². The molecule has 1 saturated carbocycles. The lowest BCUT2D eigenvalue weighted by atomic mass is 9.94. The number of pyridine rings is 1. The molecule has 2 aromatic carbocycles. The van der Waals surface area contributed by atoms with Crippen LogP contribution in [-0.2, 0) is 7.05 Å². The van der Waals surface area contributed by atoms with Crippen molar-refractivity contribution in [3.8, 4) is 0 Å². The first-order chi connectivity index (χ1) is 18.6. The fraction of sp³-hybridized carbons (Fsp3) is 0.321. The molecule has 11 heteroatoms. The van der Waals surface area contributed by atoms with Crippen LogP contribution in [-0.4, -0.2) is 29.3 Å². The lowest BCUT2D eigenvalue weighted by Crippen LogP contribution is -2.34. The Bertz CT molecular complexity index is 1460. The topological polar surface area (TPSA) is 104 Å². The van der Waals surface area contributed by atoms with Crippen LogP contribution in [0.5, 0.6) is 0 Å². The Morgan fingerprint density at radius 3 is 2.38 bits per heavy atom. The zero-order chi connectivity index (χ0) is 28.9. The molecule has 0 bridgehead atoms. The van der Waals surface area contributed by atoms with Crippen LogP contribution < -0.4 is 25.6 Å². The SMILES string of the molecule is CC.CNSNc1cccc(C(=O)c2c(C(=O)NC3CC3)c(Nc3ccc(C)cc3F)n(C)c(=O)c2C)c1Cl. The molecule has 1 amide bonds. The van der Waals surface area contributed by atoms with Crippen LogP contribution in [0.2, 0.25) is 5.02 Å². The highest BCUT2D eigenvalue weighted by Crippen LogP contribution is 2.33. The lowest BCUT2D eigenvalue weighted by molar-refractivity contribution is 0.0939. The number of hydrogen-bond donors (Lipinski definition) is 4. The zero-order valence-corrected chi connectivity index (χ0v) is 24.4. The molecule has 1 aliphatic rings. The van der Waals surface area contributed by atoms with Gasteiger partial charge in [-0.25, -0.2) is 9.11 Å². The molecule has 1 aliphatic carbocycles. The summed E-state index contributed by atoms with van der Waals surface area (Å²) in [6, 6.07) is 9.43. The molecule has 0 unspecified atom stereocenters. The van der Waals surface area contributed by atoms with Gasteiger partial charge >= 0.3 is 0 Å². The van der Waals surface area contributed by atoms with Crippen molar-refractivity contribution in [2.24, 2.45) is 7.05 Å². The first-order valence-corrected chi connectivity index (χ1v) is 13.8. The monoisotopic (exact) mass is 573 g/mol. The van der Waals surface area contributed by atoms with Crippen molar-refractivity contribution >= 4 is 52.6 Å². The number of nitrogens with one attached hydrogen (secondary N) is 4. The molecule has 3 aromatic rings. The predicted molar refractivity (Wildman–Crippen MR) is 158 cm³/mol. The molecule has 1 aromatic heterocycles. The second-order valence-electron chi connectivity index (χ2n) is 8.85. The number of hydrogen-bond acceptors (Lipinski definition) is 7. The molecule has 208 valence electrons. The molecule has 0 radical (unpaired) electrons. The van der Waals surface area contributed by atoms with Crippen LogP contribution in [0, 0.1) is 19.7 Å². The minimum Gasteiger partial charge on any atom is -0.349 e. The van der Waals surface area contributed by atoms with Crippen molar-refractivity contribution in [2.75, 3.05) is 17.1 Å². The second kappa shape index (κ2) is 13.1. The average Bonchev–Trinajstić information content (AvgIpc) is 3.74. The van der Waals surface area contributed by atoms with Gasteiger partial charge in [-0.05, 0) is 63.6 Å². The van der Waals surface area contributed by atoms with E-state index in [2.05, 4.69) is 20.1 Å². The summed E-state index contributed by atoms with van der Waals surface area (Å²) in [6.07, 6.45) is 1.63. The fourth-order valence-corrected chi connectivity index (χ4v) is 4.64. The summed E-state index contributed by atoms with van der Waals surface area (Å²) < 4.78 is 21.8. The maximum absolute atomic E-state index is 14.8. The van der Waals surface area contributed by atoms with E-state index in [9.17, 15) is 18.8 Å². The van der Waals surface area contributed by atoms with Gasteiger partial charge in [0.05, 0.1) is 22.0 Å². The Labute approximate surface area is 237 Å². The summed E-state index contributed by atoms with van der Waals surface area (Å²) in [5.41, 5.74) is 0.830. The van der Waals surface area contributed by atoms with E-state index >= 15 is 0 Å². The molecule has 1 heterocycles. The van der Waals surface area contributed by atoms with Gasteiger partial charge in [0.1, 0.15) is 11.6 Å². The van der Waals surface area contributed by atoms with E-state index in [0.29, 0.717) is 11.3 Å². The minimum absolute atomic E-state index is 0.0102. The van der Waals surface area contributed by atoms with Gasteiger partial charge < -0.3 is 15.4 Å². The second-order valence-corrected chi connectivity index (χ2v) is 10.0. The maximum Gasteiger partial charge on any atom is 0.255 e. The smallest absolute Gasteiger partial charge is 0.255 e. The Morgan fingerprint density at radius 1 is 1.08 bits per heavy atom. The van der Waals surface area contributed by atoms with Crippen LogP contribution >= 0.6 is 23.7 Å². The van der Waals surface area contributed by atoms with E-state index < -0.39 is 23.1 Å². The summed E-state index contributed by atoms with van der Waals surface area (Å²) in [5, 5.41) is 5.94. The third kappa shape index (κ3) is 6.63. The van der Waals surface area contributed by atoms with Crippen LogP contribution in [0.4, 0.5) is 21.6 Å². The van der Waals surface area contributed by atoms with Crippen molar-refractivity contribution in [1.29, 1.82) is 0 Å². The van der Waals surface area contributed by atoms with Crippen molar-refractivity contribution in [2.45, 2.75) is 46.6 Å². The Hall–Kier alpha value is -3.34. The van der Waals surface area contributed by atoms with Crippen molar-refractivity contribution in [1.82, 2.24) is 14.6 Å². The third-order valence-electron chi connectivity index (χ3n) is 6.07. The van der Waals surface area contributed by atoms with Crippen LogP contribution in [0.25, 0.3) is 0 Å². The number of ketones is 1. The number of aromatic nitrogens is 1. The molecular weight excluding hydrogens is 541 g/mol. The first-order valence-electron chi connectivity index (χ1n) is 12.6. The Morgan fingerprint density at radius 2 is 1.77 bits per heavy atom. The van der Waals surface area contributed by atoms with E-state index in [1.54, 1.807) is 32.2 Å². The largest absolute Gasteiger partial charge is 0.349 e. The minimum atomic E-state index is -0.591. The highest BCUT2D eigenvalue weighted by molar-refractivity contribution is 7.98. The highest BCUT2D eigenvalue weighted by atomic mass is 35.5. The number of carbonyl (C=O) groups excluding carboxylic acids is 2. The number of rotatable bonds is 9. The van der Waals surface area contributed by atoms with Gasteiger partial charge in [-0.1, -0.05) is 37.6 Å². The van der Waals surface area contributed by atoms with E-state index in [4.69, 9.17) is 11.6 Å². The Kier molecular flexibility index (Phi) is 10.2. The van der Waals surface area contributed by atoms with Gasteiger partial charge in [-0.15, -0.1) is 0 Å². The summed E-state index contributed by atoms with van der Waals surface area (Å²) in [6.45, 7) is 7.24. The van der Waals surface area contributed by atoms with E-state index in [-0.39, 0.29) is 44.8 Å². The van der Waals surface area contributed by atoms with Crippen LogP contribution in [0.3, 0.4) is 0 Å². The van der Waals surface area contributed by atoms with Gasteiger partial charge in [0.15, 0.2) is 5.78 Å². The molecule has 0 aliphatic heterocycles. The molecule has 39 heavy (non-hydrogen) atoms. The fourth-order valence-electron chi connectivity index (χ4n) is 3.95. The standard InChI is InChI=1S/C26H27ClFN5O3S.C2H6/c1-13-8-11-18(17(28)12-13)31-24-21(25(35)30-15-9-10-15)20(14(2)26(36)33(24)4)23(34)16-6-5-7-19(22(16)27)32-37-29-3;1-2/h5-8,11-12,15,29,31-32H,9-10H2,1-4H3,(H,30,35);1-2H3. The number of aryl methyl sites for hydroxylation is 1. The van der Waals surface area contributed by atoms with Gasteiger partial charge in [0.25, 0.3) is 11.5 Å². The summed E-state index contributed by atoms with van der Waals surface area (Å²) >= 11 is 7.74. The van der Waals surface area contributed by atoms with Gasteiger partial charge in [-0.2, -0.15) is 0 Å². The number of benzene rings is 2. The quantitative estimate of drug-likeness (QED) is 0.187. The van der Waals surface area contributed by atoms with Crippen LogP contribution in [0.1, 0.15) is 64.1 Å². The zero-order valence-electron chi connectivity index (χ0n) is 22.8. The predicted octanol–water partition coefficient (Wildman–Crippen LogP) is 5.88. The first kappa shape index (κ1) is 30.2. The Balaban J connectivity index is 0.00000205. The molecule has 0 saturated heterocycles. The average molecular weight is 574 g/mol. The maximum atomic E-state index is 14.8. The number of anilines is 3. The molecule has 1 fully saturated rings. The molecule has 0 spiro atoms. The van der Waals surface area contributed by atoms with Gasteiger partial charge in [0, 0.05) is 41.9 Å². The van der Waals surface area contributed by atoms with Gasteiger partial charge in [0.2, 0.25) is 0 Å². The molecule has 0 atom stereocenters. The molecule has 8 nitrogen and oxygen atoms in total. The number of carbonyl (C=O) groups is 2. The summed E-state index contributed by atoms with van der Waals surface area (Å²) in [5.74, 6) is -1.67. The van der Waals surface area contributed by atoms with E-state index in [0.717, 1.165) is 12.8 Å². The summed E-state index contributed by atoms with van der Waals surface area (Å²) in [4.78, 5) is 40.8. The van der Waals surface area contributed by atoms with E-state index in [1.165, 1.54) is 48.9 Å². The molecule has 4 N–H and O–H groups in total. The number of nitrogens with zero attached hydrogens (tertiary/aromatic N) is 1. The number of amides is 1. The molecular formula is C28H33ClFN5O3S. The summed E-state index contributed by atoms with van der Waals surface area (Å²) in [7, 11) is 3.19. The lowest BCUT2D eigenvalue weighted by Gasteiger charge is -2.21. The third-order valence-corrected chi connectivity index (χ3v) is 7.01. The molecule has 4 rings (SSSR count). The van der Waals surface area contributed by atoms with Crippen molar-refractivity contribution in [3.05, 3.63) is 85.4 Å². The number of halogens is 2. The normalized spacial score (nSPS) is 12.3. The van der Waals surface area contributed by atoms with E-state index in [1.807, 2.05) is 13.8 Å².